The predicted octanol–water partition coefficient (Wildman–Crippen LogP) is -1.65. The molecule has 15 heavy (non-hydrogen) atoms. The number of carboxylic acid groups (broad SMARTS) is 1. The molecule has 0 unspecified atom stereocenters. The average molecular weight is 278 g/mol. The molecule has 0 amide bonds. The number of aliphatic carboxylic acids is 1. The van der Waals surface area contributed by atoms with Crippen LogP contribution < -0.4 is 17.0 Å². The zero-order valence-electron chi connectivity index (χ0n) is 9.50. The van der Waals surface area contributed by atoms with Crippen molar-refractivity contribution in [1.29, 1.82) is 0 Å². The van der Waals surface area contributed by atoms with Crippen molar-refractivity contribution < 1.29 is 31.4 Å². The molecule has 0 spiro atoms. The topological polar surface area (TPSA) is 37.3 Å². The van der Waals surface area contributed by atoms with Crippen molar-refractivity contribution in [3.8, 4) is 12.3 Å². The first-order valence-corrected chi connectivity index (χ1v) is 4.95. The summed E-state index contributed by atoms with van der Waals surface area (Å²) in [5, 5.41) is 8.43. The molecule has 0 atom stereocenters. The third-order valence-electron chi connectivity index (χ3n) is 2.17. The molecular weight excluding hydrogens is 258 g/mol. The van der Waals surface area contributed by atoms with Gasteiger partial charge in [0.25, 0.3) is 0 Å². The van der Waals surface area contributed by atoms with Crippen molar-refractivity contribution >= 4 is 5.97 Å². The minimum absolute atomic E-state index is 0. The highest BCUT2D eigenvalue weighted by atomic mass is 79.9. The Hall–Kier alpha value is -0.530. The van der Waals surface area contributed by atoms with Crippen LogP contribution in [0.4, 0.5) is 0 Å². The van der Waals surface area contributed by atoms with Gasteiger partial charge in [0.1, 0.15) is 6.54 Å². The number of rotatable bonds is 7. The van der Waals surface area contributed by atoms with Gasteiger partial charge in [-0.1, -0.05) is 0 Å². The smallest absolute Gasteiger partial charge is 0.303 e. The average Bonchev–Trinajstić information content (AvgIpc) is 2.02. The zero-order chi connectivity index (χ0) is 11.0. The highest BCUT2D eigenvalue weighted by Crippen LogP contribution is 2.04. The Morgan fingerprint density at radius 3 is 2.40 bits per heavy atom. The van der Waals surface area contributed by atoms with E-state index in [-0.39, 0.29) is 23.4 Å². The highest BCUT2D eigenvalue weighted by Gasteiger charge is 2.11. The normalized spacial score (nSPS) is 10.2. The lowest BCUT2D eigenvalue weighted by molar-refractivity contribution is -0.883. The Bertz CT molecular complexity index is 221. The van der Waals surface area contributed by atoms with Gasteiger partial charge in [-0.05, 0) is 25.2 Å². The number of carboxylic acids is 1. The first-order valence-electron chi connectivity index (χ1n) is 4.95. The Morgan fingerprint density at radius 1 is 1.33 bits per heavy atom. The molecule has 0 fully saturated rings. The van der Waals surface area contributed by atoms with Crippen LogP contribution in [0.1, 0.15) is 25.7 Å². The van der Waals surface area contributed by atoms with Crippen molar-refractivity contribution in [2.45, 2.75) is 25.7 Å². The third kappa shape index (κ3) is 11.4. The maximum Gasteiger partial charge on any atom is 0.303 e. The van der Waals surface area contributed by atoms with E-state index < -0.39 is 5.97 Å². The van der Waals surface area contributed by atoms with Crippen LogP contribution >= 0.6 is 0 Å². The van der Waals surface area contributed by atoms with E-state index in [2.05, 4.69) is 20.0 Å². The van der Waals surface area contributed by atoms with E-state index in [0.717, 1.165) is 36.8 Å². The SMILES string of the molecule is C#CC[N+](C)(C)CCCCCC(=O)O.[Br-]. The number of hydrogen-bond acceptors (Lipinski definition) is 1. The van der Waals surface area contributed by atoms with Crippen LogP contribution in [0.15, 0.2) is 0 Å². The molecular formula is C11H20BrNO2. The molecule has 88 valence electrons. The lowest BCUT2D eigenvalue weighted by atomic mass is 10.2. The summed E-state index contributed by atoms with van der Waals surface area (Å²) in [5.74, 6) is 1.94. The second-order valence-corrected chi connectivity index (χ2v) is 4.23. The first-order chi connectivity index (χ1) is 6.48. The van der Waals surface area contributed by atoms with E-state index in [4.69, 9.17) is 11.5 Å². The van der Waals surface area contributed by atoms with Gasteiger partial charge in [-0.15, -0.1) is 6.42 Å². The molecule has 0 aliphatic heterocycles. The molecule has 0 aromatic rings. The molecule has 3 nitrogen and oxygen atoms in total. The van der Waals surface area contributed by atoms with Gasteiger partial charge in [0.05, 0.1) is 20.6 Å². The van der Waals surface area contributed by atoms with Crippen LogP contribution in [0.3, 0.4) is 0 Å². The van der Waals surface area contributed by atoms with E-state index >= 15 is 0 Å². The van der Waals surface area contributed by atoms with Gasteiger partial charge in [-0.3, -0.25) is 4.79 Å². The summed E-state index contributed by atoms with van der Waals surface area (Å²) in [6.07, 6.45) is 8.31. The second kappa shape index (κ2) is 8.75. The molecule has 0 heterocycles. The summed E-state index contributed by atoms with van der Waals surface area (Å²) in [5.41, 5.74) is 0. The van der Waals surface area contributed by atoms with E-state index in [1.807, 2.05) is 0 Å². The molecule has 0 saturated heterocycles. The minimum atomic E-state index is -0.706. The van der Waals surface area contributed by atoms with E-state index in [1.54, 1.807) is 0 Å². The Labute approximate surface area is 103 Å². The van der Waals surface area contributed by atoms with Gasteiger partial charge >= 0.3 is 5.97 Å². The maximum absolute atomic E-state index is 10.2. The maximum atomic E-state index is 10.2. The fourth-order valence-corrected chi connectivity index (χ4v) is 1.32. The van der Waals surface area contributed by atoms with E-state index in [9.17, 15) is 4.79 Å². The molecule has 0 radical (unpaired) electrons. The van der Waals surface area contributed by atoms with Gasteiger partial charge in [-0.25, -0.2) is 0 Å². The number of terminal acetylenes is 1. The predicted molar refractivity (Wildman–Crippen MR) is 56.8 cm³/mol. The third-order valence-corrected chi connectivity index (χ3v) is 2.17. The van der Waals surface area contributed by atoms with E-state index in [0.29, 0.717) is 0 Å². The van der Waals surface area contributed by atoms with Crippen molar-refractivity contribution in [3.63, 3.8) is 0 Å². The highest BCUT2D eigenvalue weighted by molar-refractivity contribution is 5.66. The zero-order valence-corrected chi connectivity index (χ0v) is 11.1. The van der Waals surface area contributed by atoms with Gasteiger partial charge in [-0.2, -0.15) is 0 Å². The molecule has 4 heteroatoms. The fourth-order valence-electron chi connectivity index (χ4n) is 1.32. The largest absolute Gasteiger partial charge is 1.00 e. The Kier molecular flexibility index (Phi) is 9.85. The number of nitrogens with zero attached hydrogens (tertiary/aromatic N) is 1. The summed E-state index contributed by atoms with van der Waals surface area (Å²) < 4.78 is 0.823. The fraction of sp³-hybridized carbons (Fsp3) is 0.727. The molecule has 0 bridgehead atoms. The lowest BCUT2D eigenvalue weighted by Gasteiger charge is -2.27. The minimum Gasteiger partial charge on any atom is -1.00 e. The Morgan fingerprint density at radius 2 is 1.93 bits per heavy atom. The molecule has 0 saturated carbocycles. The molecule has 0 aliphatic rings. The van der Waals surface area contributed by atoms with Crippen LogP contribution in [-0.4, -0.2) is 42.7 Å². The van der Waals surface area contributed by atoms with Crippen LogP contribution in [0.25, 0.3) is 0 Å². The molecule has 1 N–H and O–H groups in total. The molecule has 0 aromatic carbocycles. The number of hydrogen-bond donors (Lipinski definition) is 1. The van der Waals surface area contributed by atoms with Crippen LogP contribution in [0.2, 0.25) is 0 Å². The monoisotopic (exact) mass is 277 g/mol. The van der Waals surface area contributed by atoms with Crippen LogP contribution in [0.5, 0.6) is 0 Å². The molecule has 0 rings (SSSR count). The van der Waals surface area contributed by atoms with Gasteiger partial charge in [0.2, 0.25) is 0 Å². The van der Waals surface area contributed by atoms with Crippen molar-refractivity contribution in [1.82, 2.24) is 0 Å². The Balaban J connectivity index is 0. The van der Waals surface area contributed by atoms with Crippen molar-refractivity contribution in [3.05, 3.63) is 0 Å². The quantitative estimate of drug-likeness (QED) is 0.344. The first kappa shape index (κ1) is 16.9. The second-order valence-electron chi connectivity index (χ2n) is 4.23. The van der Waals surface area contributed by atoms with Crippen molar-refractivity contribution in [2.75, 3.05) is 27.2 Å². The summed E-state index contributed by atoms with van der Waals surface area (Å²) >= 11 is 0. The standard InChI is InChI=1S/C11H19NO2.BrH/c1-4-9-12(2,3)10-7-5-6-8-11(13)14;/h1H,5-10H2,2-3H3;1H. The molecule has 0 aromatic heterocycles. The summed E-state index contributed by atoms with van der Waals surface area (Å²) in [6.45, 7) is 1.75. The number of unbranched alkanes of at least 4 members (excludes halogenated alkanes) is 2. The summed E-state index contributed by atoms with van der Waals surface area (Å²) in [7, 11) is 4.19. The number of carbonyl (C=O) groups is 1. The van der Waals surface area contributed by atoms with Gasteiger partial charge in [0.15, 0.2) is 0 Å². The van der Waals surface area contributed by atoms with Gasteiger partial charge < -0.3 is 26.6 Å². The van der Waals surface area contributed by atoms with Crippen LogP contribution in [-0.2, 0) is 4.79 Å². The summed E-state index contributed by atoms with van der Waals surface area (Å²) in [6, 6.07) is 0. The molecule has 0 aliphatic carbocycles. The number of halogens is 1. The van der Waals surface area contributed by atoms with Gasteiger partial charge in [0, 0.05) is 6.42 Å². The number of quaternary nitrogens is 1. The summed E-state index contributed by atoms with van der Waals surface area (Å²) in [4.78, 5) is 10.2. The van der Waals surface area contributed by atoms with E-state index in [1.165, 1.54) is 0 Å². The van der Waals surface area contributed by atoms with Crippen molar-refractivity contribution in [2.24, 2.45) is 0 Å². The van der Waals surface area contributed by atoms with Crippen LogP contribution in [0, 0.1) is 12.3 Å². The lowest BCUT2D eigenvalue weighted by Crippen LogP contribution is -3.00.